The average Bonchev–Trinajstić information content (AvgIpc) is 2.54. The van der Waals surface area contributed by atoms with E-state index >= 15 is 0 Å². The highest BCUT2D eigenvalue weighted by molar-refractivity contribution is 6.88. The zero-order valence-electron chi connectivity index (χ0n) is 15.2. The Hall–Kier alpha value is -1.86. The Bertz CT molecular complexity index is 593. The fourth-order valence-corrected chi connectivity index (χ4v) is 4.04. The van der Waals surface area contributed by atoms with Crippen molar-refractivity contribution in [2.75, 3.05) is 0 Å². The van der Waals surface area contributed by atoms with Crippen molar-refractivity contribution in [3.63, 3.8) is 0 Å². The summed E-state index contributed by atoms with van der Waals surface area (Å²) >= 11 is 0. The van der Waals surface area contributed by atoms with Crippen molar-refractivity contribution >= 4 is 25.4 Å². The van der Waals surface area contributed by atoms with Crippen molar-refractivity contribution < 1.29 is 29.1 Å². The third kappa shape index (κ3) is 6.17. The summed E-state index contributed by atoms with van der Waals surface area (Å²) in [5.74, 6) is -0.217. The summed E-state index contributed by atoms with van der Waals surface area (Å²) in [5.41, 5.74) is 0.320. The largest absolute Gasteiger partial charge is 0.543 e. The van der Waals surface area contributed by atoms with Crippen LogP contribution in [-0.4, -0.2) is 26.3 Å². The average molecular weight is 366 g/mol. The van der Waals surface area contributed by atoms with Gasteiger partial charge in [0, 0.05) is 0 Å². The maximum atomic E-state index is 11.9. The van der Waals surface area contributed by atoms with Gasteiger partial charge >= 0.3 is 12.1 Å². The first-order valence-electron chi connectivity index (χ1n) is 8.62. The molecule has 0 aliphatic heterocycles. The van der Waals surface area contributed by atoms with E-state index in [1.54, 1.807) is 12.1 Å². The highest BCUT2D eigenvalue weighted by Crippen LogP contribution is 2.25. The summed E-state index contributed by atoms with van der Waals surface area (Å²) in [7, 11) is -1.43. The van der Waals surface area contributed by atoms with E-state index in [1.807, 2.05) is 12.1 Å². The van der Waals surface area contributed by atoms with Crippen molar-refractivity contribution in [1.82, 2.24) is 0 Å². The molecule has 1 aromatic carbocycles. The molecule has 1 fully saturated rings. The topological polar surface area (TPSA) is 71.1 Å². The molecule has 2 atom stereocenters. The Morgan fingerprint density at radius 2 is 1.72 bits per heavy atom. The van der Waals surface area contributed by atoms with Crippen LogP contribution in [0.4, 0.5) is 4.79 Å². The van der Waals surface area contributed by atoms with Gasteiger partial charge in [-0.25, -0.2) is 14.5 Å². The van der Waals surface area contributed by atoms with Crippen molar-refractivity contribution in [3.8, 4) is 0 Å². The zero-order chi connectivity index (χ0) is 18.4. The number of hydrogen-bond acceptors (Lipinski definition) is 6. The van der Waals surface area contributed by atoms with Gasteiger partial charge in [-0.1, -0.05) is 50.3 Å². The molecule has 6 nitrogen and oxygen atoms in total. The molecular weight excluding hydrogens is 340 g/mol. The minimum absolute atomic E-state index is 0.176. The van der Waals surface area contributed by atoms with E-state index in [0.717, 1.165) is 25.7 Å². The van der Waals surface area contributed by atoms with Crippen LogP contribution in [0.1, 0.15) is 43.0 Å². The van der Waals surface area contributed by atoms with Crippen LogP contribution in [0.3, 0.4) is 0 Å². The SMILES string of the molecule is CC1CCCC(OC(=O)OOOC(=O)c2ccc([Si](C)(C)C)cc2)C1. The van der Waals surface area contributed by atoms with Crippen molar-refractivity contribution in [2.24, 2.45) is 5.92 Å². The number of benzene rings is 1. The molecule has 2 rings (SSSR count). The van der Waals surface area contributed by atoms with E-state index in [1.165, 1.54) is 5.19 Å². The van der Waals surface area contributed by atoms with Crippen LogP contribution in [-0.2, 0) is 19.6 Å². The lowest BCUT2D eigenvalue weighted by Gasteiger charge is -2.25. The van der Waals surface area contributed by atoms with Crippen LogP contribution in [0, 0.1) is 5.92 Å². The van der Waals surface area contributed by atoms with Gasteiger partial charge in [0.2, 0.25) is 0 Å². The van der Waals surface area contributed by atoms with Gasteiger partial charge in [0.15, 0.2) is 0 Å². The summed E-state index contributed by atoms with van der Waals surface area (Å²) < 4.78 is 5.13. The normalized spacial score (nSPS) is 20.6. The number of carbonyl (C=O) groups is 2. The first-order valence-corrected chi connectivity index (χ1v) is 12.1. The predicted octanol–water partition coefficient (Wildman–Crippen LogP) is 3.97. The number of ether oxygens (including phenoxy) is 1. The number of carbonyl (C=O) groups excluding carboxylic acids is 2. The van der Waals surface area contributed by atoms with Gasteiger partial charge in [-0.3, -0.25) is 4.89 Å². The Labute approximate surface area is 149 Å². The lowest BCUT2D eigenvalue weighted by molar-refractivity contribution is -0.453. The van der Waals surface area contributed by atoms with Gasteiger partial charge in [0.1, 0.15) is 6.10 Å². The molecule has 1 saturated carbocycles. The molecule has 0 bridgehead atoms. The van der Waals surface area contributed by atoms with Gasteiger partial charge in [0.05, 0.1) is 18.7 Å². The second-order valence-corrected chi connectivity index (χ2v) is 12.7. The van der Waals surface area contributed by atoms with Crippen LogP contribution < -0.4 is 5.19 Å². The molecule has 138 valence electrons. The second kappa shape index (κ2) is 8.49. The highest BCUT2D eigenvalue weighted by atomic mass is 28.3. The molecule has 0 radical (unpaired) electrons. The third-order valence-electron chi connectivity index (χ3n) is 4.35. The van der Waals surface area contributed by atoms with E-state index in [0.29, 0.717) is 11.5 Å². The predicted molar refractivity (Wildman–Crippen MR) is 94.9 cm³/mol. The fraction of sp³-hybridized carbons (Fsp3) is 0.556. The molecule has 1 aliphatic rings. The van der Waals surface area contributed by atoms with Crippen LogP contribution in [0.2, 0.25) is 19.6 Å². The Kier molecular flexibility index (Phi) is 6.61. The summed E-state index contributed by atoms with van der Waals surface area (Å²) in [5, 5.41) is 5.49. The highest BCUT2D eigenvalue weighted by Gasteiger charge is 2.24. The second-order valence-electron chi connectivity index (χ2n) is 7.61. The maximum Gasteiger partial charge on any atom is 0.543 e. The van der Waals surface area contributed by atoms with E-state index in [-0.39, 0.29) is 6.10 Å². The van der Waals surface area contributed by atoms with Gasteiger partial charge in [0.25, 0.3) is 0 Å². The fourth-order valence-electron chi connectivity index (χ4n) is 2.87. The molecule has 0 aromatic heterocycles. The van der Waals surface area contributed by atoms with Gasteiger partial charge in [-0.15, -0.1) is 0 Å². The van der Waals surface area contributed by atoms with E-state index in [2.05, 4.69) is 41.4 Å². The molecule has 1 aliphatic carbocycles. The molecule has 0 saturated heterocycles. The van der Waals surface area contributed by atoms with E-state index in [9.17, 15) is 9.59 Å². The van der Waals surface area contributed by atoms with Crippen LogP contribution in [0.5, 0.6) is 0 Å². The standard InChI is InChI=1S/C18H26O6Si/c1-13-6-5-7-15(12-13)21-18(20)23-24-22-17(19)14-8-10-16(11-9-14)25(2,3)4/h8-11,13,15H,5-7,12H2,1-4H3. The van der Waals surface area contributed by atoms with Crippen LogP contribution in [0.25, 0.3) is 0 Å². The molecule has 2 unspecified atom stereocenters. The minimum Gasteiger partial charge on any atom is -0.429 e. The minimum atomic E-state index is -1.43. The summed E-state index contributed by atoms with van der Waals surface area (Å²) in [4.78, 5) is 32.2. The summed E-state index contributed by atoms with van der Waals surface area (Å²) in [6.07, 6.45) is 2.59. The molecule has 0 N–H and O–H groups in total. The first-order chi connectivity index (χ1) is 11.8. The maximum absolute atomic E-state index is 11.9. The quantitative estimate of drug-likeness (QED) is 0.340. The molecule has 0 heterocycles. The Balaban J connectivity index is 1.73. The van der Waals surface area contributed by atoms with Crippen LogP contribution in [0.15, 0.2) is 24.3 Å². The molecule has 0 amide bonds. The molecule has 0 spiro atoms. The summed E-state index contributed by atoms with van der Waals surface area (Å²) in [6, 6.07) is 7.15. The van der Waals surface area contributed by atoms with Crippen molar-refractivity contribution in [2.45, 2.75) is 58.4 Å². The van der Waals surface area contributed by atoms with Gasteiger partial charge in [-0.2, -0.15) is 0 Å². The zero-order valence-corrected chi connectivity index (χ0v) is 16.2. The lowest BCUT2D eigenvalue weighted by atomic mass is 9.89. The third-order valence-corrected chi connectivity index (χ3v) is 6.41. The van der Waals surface area contributed by atoms with Gasteiger partial charge in [-0.05, 0) is 37.3 Å². The Morgan fingerprint density at radius 1 is 1.04 bits per heavy atom. The van der Waals surface area contributed by atoms with E-state index < -0.39 is 20.2 Å². The summed E-state index contributed by atoms with van der Waals surface area (Å²) in [6.45, 7) is 8.77. The monoisotopic (exact) mass is 366 g/mol. The molecular formula is C18H26O6Si. The number of hydrogen-bond donors (Lipinski definition) is 0. The van der Waals surface area contributed by atoms with Gasteiger partial charge < -0.3 is 4.74 Å². The molecule has 1 aromatic rings. The molecule has 7 heteroatoms. The smallest absolute Gasteiger partial charge is 0.429 e. The molecule has 25 heavy (non-hydrogen) atoms. The van der Waals surface area contributed by atoms with Crippen LogP contribution >= 0.6 is 0 Å². The number of rotatable bonds is 5. The van der Waals surface area contributed by atoms with Crippen molar-refractivity contribution in [1.29, 1.82) is 0 Å². The lowest BCUT2D eigenvalue weighted by Crippen LogP contribution is -2.37. The van der Waals surface area contributed by atoms with E-state index in [4.69, 9.17) is 4.74 Å². The van der Waals surface area contributed by atoms with Crippen molar-refractivity contribution in [3.05, 3.63) is 29.8 Å². The first kappa shape index (κ1) is 19.5. The Morgan fingerprint density at radius 3 is 2.32 bits per heavy atom.